The zero-order valence-corrected chi connectivity index (χ0v) is 18.7. The van der Waals surface area contributed by atoms with Crippen molar-refractivity contribution in [2.75, 3.05) is 13.1 Å². The molecule has 0 spiro atoms. The van der Waals surface area contributed by atoms with Crippen molar-refractivity contribution in [3.05, 3.63) is 53.6 Å². The molecule has 168 valence electrons. The normalized spacial score (nSPS) is 19.3. The first-order valence-corrected chi connectivity index (χ1v) is 11.2. The third-order valence-corrected chi connectivity index (χ3v) is 6.10. The zero-order valence-electron chi connectivity index (χ0n) is 18.7. The van der Waals surface area contributed by atoms with E-state index in [1.54, 1.807) is 28.9 Å². The van der Waals surface area contributed by atoms with E-state index in [0.29, 0.717) is 36.2 Å². The Hall–Kier alpha value is -3.86. The van der Waals surface area contributed by atoms with Crippen molar-refractivity contribution in [3.8, 4) is 11.1 Å². The van der Waals surface area contributed by atoms with Crippen LogP contribution in [-0.4, -0.2) is 63.8 Å². The molecule has 1 N–H and O–H groups in total. The van der Waals surface area contributed by atoms with Gasteiger partial charge in [0.2, 0.25) is 11.7 Å². The van der Waals surface area contributed by atoms with Crippen LogP contribution in [0.3, 0.4) is 0 Å². The average molecular weight is 445 g/mol. The Morgan fingerprint density at radius 2 is 2.12 bits per heavy atom. The van der Waals surface area contributed by atoms with Gasteiger partial charge in [0.15, 0.2) is 5.70 Å². The number of carbonyl (C=O) groups is 2. The molecule has 2 aromatic rings. The molecule has 1 aromatic heterocycles. The maximum atomic E-state index is 12.5. The fourth-order valence-electron chi connectivity index (χ4n) is 4.02. The number of aryl methyl sites for hydroxylation is 1. The van der Waals surface area contributed by atoms with Gasteiger partial charge in [-0.25, -0.2) is 4.68 Å². The number of rotatable bonds is 6. The van der Waals surface area contributed by atoms with Crippen molar-refractivity contribution in [3.63, 3.8) is 0 Å². The first kappa shape index (κ1) is 21.0. The predicted octanol–water partition coefficient (Wildman–Crippen LogP) is 1.93. The number of nitrogens with one attached hydrogen (secondary N) is 1. The maximum absolute atomic E-state index is 12.5. The molecule has 8 nitrogen and oxygen atoms in total. The summed E-state index contributed by atoms with van der Waals surface area (Å²) in [5.74, 6) is 3.60. The first-order valence-electron chi connectivity index (χ1n) is 11.2. The second kappa shape index (κ2) is 8.58. The molecule has 1 unspecified atom stereocenters. The van der Waals surface area contributed by atoms with Crippen LogP contribution in [0.25, 0.3) is 16.8 Å². The Morgan fingerprint density at radius 3 is 2.88 bits per heavy atom. The fraction of sp³-hybridized carbons (Fsp3) is 0.360. The molecule has 1 aromatic carbocycles. The van der Waals surface area contributed by atoms with Crippen LogP contribution in [0.2, 0.25) is 0 Å². The number of hydrogen-bond donors (Lipinski definition) is 1. The largest absolute Gasteiger partial charge is 0.481 e. The average Bonchev–Trinajstić information content (AvgIpc) is 3.28. The number of carbonyl (C=O) groups excluding carboxylic acids is 2. The van der Waals surface area contributed by atoms with Crippen molar-refractivity contribution < 1.29 is 14.3 Å². The molecule has 2 aliphatic heterocycles. The highest BCUT2D eigenvalue weighted by Crippen LogP contribution is 2.26. The van der Waals surface area contributed by atoms with Crippen LogP contribution in [0.15, 0.2) is 42.4 Å². The lowest BCUT2D eigenvalue weighted by Gasteiger charge is -2.14. The number of ether oxygens (including phenoxy) is 1. The van der Waals surface area contributed by atoms with Crippen LogP contribution < -0.4 is 9.98 Å². The Kier molecular flexibility index (Phi) is 5.47. The highest BCUT2D eigenvalue weighted by molar-refractivity contribution is 5.97. The highest BCUT2D eigenvalue weighted by Gasteiger charge is 2.27. The summed E-state index contributed by atoms with van der Waals surface area (Å²) < 4.78 is 11.9. The Bertz CT molecular complexity index is 1260. The van der Waals surface area contributed by atoms with Crippen LogP contribution in [0, 0.1) is 6.92 Å². The van der Waals surface area contributed by atoms with Crippen molar-refractivity contribution in [2.45, 2.75) is 45.3 Å². The molecule has 8 heteroatoms. The molecular formula is C25H26N5O3+. The van der Waals surface area contributed by atoms with Gasteiger partial charge in [-0.3, -0.25) is 9.59 Å². The summed E-state index contributed by atoms with van der Waals surface area (Å²) in [4.78, 5) is 25.8. The van der Waals surface area contributed by atoms with Crippen LogP contribution in [0.5, 0.6) is 0 Å². The first-order chi connectivity index (χ1) is 16.0. The molecule has 5 rings (SSSR count). The summed E-state index contributed by atoms with van der Waals surface area (Å²) in [6.07, 6.45) is 9.99. The standard InChI is InChI=1S/C25H25N5O3/c1-16-3-4-18(25(32)28-20-5-6-20)9-24(16)19-11-27-30(14-19)21-10-23(13-26-12-21)33-22-7-8-29(15-22)17(2)31/h3-4,9-11,13-14,20,22H,5-8,15H2,1-2H3/p+1. The van der Waals surface area contributed by atoms with Crippen molar-refractivity contribution in [2.24, 2.45) is 0 Å². The van der Waals surface area contributed by atoms with E-state index in [1.165, 1.54) is 0 Å². The maximum Gasteiger partial charge on any atom is 0.347 e. The van der Waals surface area contributed by atoms with E-state index in [0.717, 1.165) is 36.0 Å². The second-order valence-electron chi connectivity index (χ2n) is 8.75. The predicted molar refractivity (Wildman–Crippen MR) is 126 cm³/mol. The minimum Gasteiger partial charge on any atom is -0.481 e. The SMILES string of the molecule is CC(=O)N1CCC(OC2=CC(n3cc(-c4cc(C(=O)NC5CC5)ccc4C)cn3)=C=[N+]=C2)C1. The summed E-state index contributed by atoms with van der Waals surface area (Å²) >= 11 is 0. The molecule has 33 heavy (non-hydrogen) atoms. The van der Waals surface area contributed by atoms with E-state index in [1.807, 2.05) is 37.4 Å². The molecule has 1 saturated carbocycles. The van der Waals surface area contributed by atoms with Gasteiger partial charge in [0.05, 0.1) is 12.7 Å². The molecule has 2 fully saturated rings. The van der Waals surface area contributed by atoms with Crippen LogP contribution in [-0.2, 0) is 9.53 Å². The lowest BCUT2D eigenvalue weighted by molar-refractivity contribution is -0.128. The second-order valence-corrected chi connectivity index (χ2v) is 8.75. The Labute approximate surface area is 192 Å². The minimum atomic E-state index is -0.0497. The van der Waals surface area contributed by atoms with E-state index < -0.39 is 0 Å². The van der Waals surface area contributed by atoms with Gasteiger partial charge in [0, 0.05) is 49.3 Å². The Balaban J connectivity index is 1.32. The minimum absolute atomic E-state index is 0.0382. The van der Waals surface area contributed by atoms with Gasteiger partial charge in [-0.15, -0.1) is 0 Å². The molecular weight excluding hydrogens is 418 g/mol. The summed E-state index contributed by atoms with van der Waals surface area (Å²) in [7, 11) is 0. The van der Waals surface area contributed by atoms with Gasteiger partial charge in [-0.2, -0.15) is 5.10 Å². The molecule has 1 atom stereocenters. The number of aromatic nitrogens is 2. The van der Waals surface area contributed by atoms with E-state index in [9.17, 15) is 9.59 Å². The lowest BCUT2D eigenvalue weighted by atomic mass is 10.0. The highest BCUT2D eigenvalue weighted by atomic mass is 16.5. The van der Waals surface area contributed by atoms with Gasteiger partial charge < -0.3 is 15.0 Å². The summed E-state index contributed by atoms with van der Waals surface area (Å²) in [6, 6.07) is 6.05. The van der Waals surface area contributed by atoms with E-state index in [-0.39, 0.29) is 17.9 Å². The smallest absolute Gasteiger partial charge is 0.347 e. The van der Waals surface area contributed by atoms with Gasteiger partial charge in [-0.1, -0.05) is 6.07 Å². The van der Waals surface area contributed by atoms with Gasteiger partial charge >= 0.3 is 12.1 Å². The van der Waals surface area contributed by atoms with Crippen molar-refractivity contribution in [1.82, 2.24) is 24.7 Å². The molecule has 3 heterocycles. The van der Waals surface area contributed by atoms with Crippen LogP contribution >= 0.6 is 0 Å². The number of allylic oxidation sites excluding steroid dienone is 3. The van der Waals surface area contributed by atoms with Crippen molar-refractivity contribution in [1.29, 1.82) is 0 Å². The number of likely N-dealkylation sites (tertiary alicyclic amines) is 1. The number of hydrogen-bond acceptors (Lipinski definition) is 4. The van der Waals surface area contributed by atoms with Gasteiger partial charge in [-0.05, 0) is 47.7 Å². The summed E-state index contributed by atoms with van der Waals surface area (Å²) in [5.41, 5.74) is 4.23. The molecule has 3 aliphatic rings. The monoisotopic (exact) mass is 444 g/mol. The summed E-state index contributed by atoms with van der Waals surface area (Å²) in [5, 5.41) is 7.52. The molecule has 0 bridgehead atoms. The van der Waals surface area contributed by atoms with Crippen LogP contribution in [0.4, 0.5) is 0 Å². The molecule has 1 saturated heterocycles. The quantitative estimate of drug-likeness (QED) is 0.690. The third-order valence-electron chi connectivity index (χ3n) is 6.10. The fourth-order valence-corrected chi connectivity index (χ4v) is 4.02. The number of nitrogens with zero attached hydrogens (tertiary/aromatic N) is 4. The molecule has 2 amide bonds. The van der Waals surface area contributed by atoms with Gasteiger partial charge in [0.25, 0.3) is 5.91 Å². The third kappa shape index (κ3) is 4.67. The topological polar surface area (TPSA) is 90.6 Å². The van der Waals surface area contributed by atoms with E-state index >= 15 is 0 Å². The molecule has 1 aliphatic carbocycles. The van der Waals surface area contributed by atoms with Crippen LogP contribution in [0.1, 0.15) is 42.1 Å². The van der Waals surface area contributed by atoms with Gasteiger partial charge in [0.1, 0.15) is 6.10 Å². The zero-order chi connectivity index (χ0) is 22.9. The van der Waals surface area contributed by atoms with E-state index in [4.69, 9.17) is 4.74 Å². The number of benzene rings is 1. The lowest BCUT2D eigenvalue weighted by Crippen LogP contribution is -2.27. The summed E-state index contributed by atoms with van der Waals surface area (Å²) in [6.45, 7) is 4.88. The molecule has 0 radical (unpaired) electrons. The number of amides is 2. The Morgan fingerprint density at radius 1 is 1.27 bits per heavy atom. The van der Waals surface area contributed by atoms with Crippen molar-refractivity contribution >= 4 is 29.6 Å². The van der Waals surface area contributed by atoms with E-state index in [2.05, 4.69) is 21.0 Å².